The van der Waals surface area contributed by atoms with Gasteiger partial charge in [-0.2, -0.15) is 0 Å². The van der Waals surface area contributed by atoms with Crippen molar-refractivity contribution < 1.29 is 0 Å². The topological polar surface area (TPSA) is 24.9 Å². The summed E-state index contributed by atoms with van der Waals surface area (Å²) in [6.07, 6.45) is 7.49. The third kappa shape index (κ3) is 1.07. The van der Waals surface area contributed by atoms with Crippen molar-refractivity contribution in [1.29, 1.82) is 0 Å². The smallest absolute Gasteiger partial charge is 0.0412 e. The molecule has 2 heteroatoms. The zero-order chi connectivity index (χ0) is 9.54. The fourth-order valence-electron chi connectivity index (χ4n) is 2.52. The highest BCUT2D eigenvalue weighted by Gasteiger charge is 2.25. The van der Waals surface area contributed by atoms with E-state index in [1.165, 1.54) is 29.7 Å². The molecule has 14 heavy (non-hydrogen) atoms. The van der Waals surface area contributed by atoms with Crippen LogP contribution in [-0.2, 0) is 6.42 Å². The average Bonchev–Trinajstić information content (AvgIpc) is 2.59. The van der Waals surface area contributed by atoms with E-state index in [9.17, 15) is 0 Å². The molecule has 0 aromatic carbocycles. The minimum atomic E-state index is 0.610. The second-order valence-corrected chi connectivity index (χ2v) is 4.26. The predicted molar refractivity (Wildman–Crippen MR) is 56.7 cm³/mol. The van der Waals surface area contributed by atoms with Crippen LogP contribution in [0, 0.1) is 0 Å². The number of hydrogen-bond acceptors (Lipinski definition) is 2. The molecule has 1 aromatic heterocycles. The molecule has 0 amide bonds. The summed E-state index contributed by atoms with van der Waals surface area (Å²) in [5.74, 6) is 0. The van der Waals surface area contributed by atoms with Gasteiger partial charge >= 0.3 is 0 Å². The van der Waals surface area contributed by atoms with Gasteiger partial charge in [-0.25, -0.2) is 0 Å². The molecule has 1 aromatic rings. The number of rotatable bonds is 0. The summed E-state index contributed by atoms with van der Waals surface area (Å²) in [5, 5.41) is 3.56. The number of aromatic nitrogens is 1. The van der Waals surface area contributed by atoms with Gasteiger partial charge in [0.25, 0.3) is 0 Å². The lowest BCUT2D eigenvalue weighted by atomic mass is 9.91. The summed E-state index contributed by atoms with van der Waals surface area (Å²) >= 11 is 0. The van der Waals surface area contributed by atoms with Crippen molar-refractivity contribution in [3.63, 3.8) is 0 Å². The van der Waals surface area contributed by atoms with Gasteiger partial charge in [0, 0.05) is 29.7 Å². The van der Waals surface area contributed by atoms with Crippen molar-refractivity contribution in [2.24, 2.45) is 0 Å². The molecule has 0 saturated heterocycles. The zero-order valence-electron chi connectivity index (χ0n) is 8.38. The summed E-state index contributed by atoms with van der Waals surface area (Å²) in [6, 6.07) is 2.74. The molecule has 2 aliphatic rings. The molecule has 2 heterocycles. The van der Waals surface area contributed by atoms with E-state index in [1.807, 2.05) is 12.4 Å². The van der Waals surface area contributed by atoms with Crippen LogP contribution in [0.5, 0.6) is 0 Å². The van der Waals surface area contributed by atoms with Gasteiger partial charge in [-0.3, -0.25) is 4.98 Å². The molecular weight excluding hydrogens is 172 g/mol. The van der Waals surface area contributed by atoms with Crippen molar-refractivity contribution >= 4 is 5.70 Å². The van der Waals surface area contributed by atoms with Gasteiger partial charge in [0.05, 0.1) is 0 Å². The molecule has 0 radical (unpaired) electrons. The predicted octanol–water partition coefficient (Wildman–Crippen LogP) is 2.12. The first kappa shape index (κ1) is 8.04. The third-order valence-corrected chi connectivity index (χ3v) is 3.17. The fraction of sp³-hybridized carbons (Fsp3) is 0.417. The molecule has 0 bridgehead atoms. The molecule has 72 valence electrons. The minimum Gasteiger partial charge on any atom is -0.382 e. The molecule has 0 spiro atoms. The fourth-order valence-corrected chi connectivity index (χ4v) is 2.52. The summed E-state index contributed by atoms with van der Waals surface area (Å²) in [7, 11) is 0. The van der Waals surface area contributed by atoms with Crippen LogP contribution in [0.15, 0.2) is 24.0 Å². The van der Waals surface area contributed by atoms with Gasteiger partial charge in [0.15, 0.2) is 0 Å². The van der Waals surface area contributed by atoms with E-state index < -0.39 is 0 Å². The molecular formula is C12H14N2. The summed E-state index contributed by atoms with van der Waals surface area (Å²) in [6.45, 7) is 2.25. The molecule has 0 saturated carbocycles. The standard InChI is InChI=1S/C12H14N2/c1-8-6-9-2-3-10-7-13-5-4-11(10)12(9)14-8/h4-5,7-8,14H,2-3,6H2,1H3. The van der Waals surface area contributed by atoms with E-state index in [4.69, 9.17) is 0 Å². The van der Waals surface area contributed by atoms with Crippen LogP contribution in [0.3, 0.4) is 0 Å². The Kier molecular flexibility index (Phi) is 1.63. The molecule has 0 fully saturated rings. The van der Waals surface area contributed by atoms with Gasteiger partial charge < -0.3 is 5.32 Å². The van der Waals surface area contributed by atoms with Crippen molar-refractivity contribution in [2.45, 2.75) is 32.2 Å². The Morgan fingerprint density at radius 3 is 3.29 bits per heavy atom. The maximum absolute atomic E-state index is 4.18. The Labute approximate surface area is 84.1 Å². The van der Waals surface area contributed by atoms with E-state index in [2.05, 4.69) is 23.3 Å². The Bertz CT molecular complexity index is 407. The number of nitrogens with zero attached hydrogens (tertiary/aromatic N) is 1. The Hall–Kier alpha value is -1.31. The number of fused-ring (bicyclic) bond motifs is 2. The van der Waals surface area contributed by atoms with Gasteiger partial charge in [0.2, 0.25) is 0 Å². The van der Waals surface area contributed by atoms with Crippen molar-refractivity contribution in [1.82, 2.24) is 10.3 Å². The van der Waals surface area contributed by atoms with Crippen LogP contribution in [0.1, 0.15) is 30.9 Å². The number of aryl methyl sites for hydroxylation is 1. The highest BCUT2D eigenvalue weighted by atomic mass is 15.0. The lowest BCUT2D eigenvalue weighted by Gasteiger charge is -2.17. The molecule has 1 unspecified atom stereocenters. The first-order valence-corrected chi connectivity index (χ1v) is 5.26. The molecule has 1 aliphatic heterocycles. The van der Waals surface area contributed by atoms with Crippen molar-refractivity contribution in [2.75, 3.05) is 0 Å². The van der Waals surface area contributed by atoms with E-state index in [1.54, 1.807) is 5.57 Å². The average molecular weight is 186 g/mol. The molecule has 3 rings (SSSR count). The normalized spacial score (nSPS) is 24.2. The highest BCUT2D eigenvalue weighted by Crippen LogP contribution is 2.35. The van der Waals surface area contributed by atoms with Gasteiger partial charge in [-0.05, 0) is 43.4 Å². The quantitative estimate of drug-likeness (QED) is 0.671. The monoisotopic (exact) mass is 186 g/mol. The molecule has 1 aliphatic carbocycles. The Morgan fingerprint density at radius 1 is 1.43 bits per heavy atom. The molecule has 1 N–H and O–H groups in total. The van der Waals surface area contributed by atoms with Crippen LogP contribution in [0.2, 0.25) is 0 Å². The second kappa shape index (κ2) is 2.84. The van der Waals surface area contributed by atoms with E-state index in [-0.39, 0.29) is 0 Å². The van der Waals surface area contributed by atoms with Crippen LogP contribution in [0.25, 0.3) is 5.70 Å². The Balaban J connectivity index is 2.11. The summed E-state index contributed by atoms with van der Waals surface area (Å²) in [4.78, 5) is 4.18. The van der Waals surface area contributed by atoms with Gasteiger partial charge in [-0.1, -0.05) is 0 Å². The van der Waals surface area contributed by atoms with Crippen LogP contribution in [-0.4, -0.2) is 11.0 Å². The summed E-state index contributed by atoms with van der Waals surface area (Å²) in [5.41, 5.74) is 5.77. The van der Waals surface area contributed by atoms with Crippen molar-refractivity contribution in [3.05, 3.63) is 35.2 Å². The van der Waals surface area contributed by atoms with Crippen LogP contribution >= 0.6 is 0 Å². The zero-order valence-corrected chi connectivity index (χ0v) is 8.38. The first-order valence-electron chi connectivity index (χ1n) is 5.26. The lowest BCUT2D eigenvalue weighted by molar-refractivity contribution is 0.683. The van der Waals surface area contributed by atoms with E-state index >= 15 is 0 Å². The van der Waals surface area contributed by atoms with Crippen LogP contribution in [0.4, 0.5) is 0 Å². The molecule has 2 nitrogen and oxygen atoms in total. The SMILES string of the molecule is CC1CC2=C(N1)c1ccncc1CC2. The highest BCUT2D eigenvalue weighted by molar-refractivity contribution is 5.73. The Morgan fingerprint density at radius 2 is 2.36 bits per heavy atom. The van der Waals surface area contributed by atoms with Gasteiger partial charge in [0.1, 0.15) is 0 Å². The largest absolute Gasteiger partial charge is 0.382 e. The lowest BCUT2D eigenvalue weighted by Crippen LogP contribution is -2.18. The van der Waals surface area contributed by atoms with Crippen molar-refractivity contribution in [3.8, 4) is 0 Å². The third-order valence-electron chi connectivity index (χ3n) is 3.17. The minimum absolute atomic E-state index is 0.610. The van der Waals surface area contributed by atoms with E-state index in [0.717, 1.165) is 6.42 Å². The summed E-state index contributed by atoms with van der Waals surface area (Å²) < 4.78 is 0. The number of hydrogen-bond donors (Lipinski definition) is 1. The maximum Gasteiger partial charge on any atom is 0.0412 e. The first-order chi connectivity index (χ1) is 6.84. The van der Waals surface area contributed by atoms with Crippen LogP contribution < -0.4 is 5.32 Å². The number of nitrogens with one attached hydrogen (secondary N) is 1. The molecule has 1 atom stereocenters. The second-order valence-electron chi connectivity index (χ2n) is 4.26. The number of pyridine rings is 1. The maximum atomic E-state index is 4.18. The van der Waals surface area contributed by atoms with Gasteiger partial charge in [-0.15, -0.1) is 0 Å². The van der Waals surface area contributed by atoms with E-state index in [0.29, 0.717) is 6.04 Å².